The predicted octanol–water partition coefficient (Wildman–Crippen LogP) is 0.530. The Morgan fingerprint density at radius 2 is 2.13 bits per heavy atom. The quantitative estimate of drug-likeness (QED) is 0.549. The first-order valence-electron chi connectivity index (χ1n) is 5.55. The highest BCUT2D eigenvalue weighted by Crippen LogP contribution is 1.88. The van der Waals surface area contributed by atoms with E-state index in [4.69, 9.17) is 0 Å². The molecule has 0 aromatic carbocycles. The average molecular weight is 211 g/mol. The van der Waals surface area contributed by atoms with Gasteiger partial charge >= 0.3 is 0 Å². The van der Waals surface area contributed by atoms with Gasteiger partial charge in [-0.3, -0.25) is 0 Å². The van der Waals surface area contributed by atoms with Crippen molar-refractivity contribution in [3.05, 3.63) is 11.9 Å². The van der Waals surface area contributed by atoms with Crippen molar-refractivity contribution < 1.29 is 0 Å². The van der Waals surface area contributed by atoms with Gasteiger partial charge in [0.2, 0.25) is 0 Å². The van der Waals surface area contributed by atoms with Crippen LogP contribution in [0.3, 0.4) is 0 Å². The van der Waals surface area contributed by atoms with Gasteiger partial charge in [-0.25, -0.2) is 0 Å². The molecule has 1 aromatic rings. The molecule has 0 aliphatic heterocycles. The molecule has 1 heterocycles. The fourth-order valence-corrected chi connectivity index (χ4v) is 1.26. The number of nitrogens with zero attached hydrogens (tertiary/aromatic N) is 2. The zero-order valence-electron chi connectivity index (χ0n) is 9.58. The van der Waals surface area contributed by atoms with Crippen molar-refractivity contribution in [1.29, 1.82) is 0 Å². The van der Waals surface area contributed by atoms with Gasteiger partial charge in [0, 0.05) is 6.54 Å². The minimum atomic E-state index is 0.730. The SMILES string of the molecule is CC(C)CNCCCNCc1cn[nH]n1. The Labute approximate surface area is 91.0 Å². The van der Waals surface area contributed by atoms with Crippen LogP contribution in [0.25, 0.3) is 0 Å². The van der Waals surface area contributed by atoms with Crippen LogP contribution in [0, 0.1) is 5.92 Å². The Hall–Kier alpha value is -0.940. The van der Waals surface area contributed by atoms with Crippen LogP contribution < -0.4 is 10.6 Å². The largest absolute Gasteiger partial charge is 0.316 e. The van der Waals surface area contributed by atoms with E-state index in [2.05, 4.69) is 39.9 Å². The van der Waals surface area contributed by atoms with Crippen LogP contribution in [0.5, 0.6) is 0 Å². The molecule has 0 unspecified atom stereocenters. The average Bonchev–Trinajstić information content (AvgIpc) is 2.68. The van der Waals surface area contributed by atoms with Gasteiger partial charge in [0.15, 0.2) is 0 Å². The van der Waals surface area contributed by atoms with Crippen molar-refractivity contribution in [2.24, 2.45) is 5.92 Å². The second-order valence-corrected chi connectivity index (χ2v) is 4.09. The maximum atomic E-state index is 3.96. The molecule has 0 bridgehead atoms. The molecule has 86 valence electrons. The lowest BCUT2D eigenvalue weighted by atomic mass is 10.2. The minimum absolute atomic E-state index is 0.730. The molecule has 0 saturated heterocycles. The van der Waals surface area contributed by atoms with E-state index in [0.29, 0.717) is 0 Å². The number of aromatic nitrogens is 3. The number of hydrogen-bond acceptors (Lipinski definition) is 4. The fraction of sp³-hybridized carbons (Fsp3) is 0.800. The van der Waals surface area contributed by atoms with Gasteiger partial charge in [-0.1, -0.05) is 13.8 Å². The van der Waals surface area contributed by atoms with Crippen LogP contribution in [0.4, 0.5) is 0 Å². The molecule has 15 heavy (non-hydrogen) atoms. The molecule has 0 fully saturated rings. The standard InChI is InChI=1S/C10H21N5/c1-9(2)6-11-4-3-5-12-7-10-8-13-15-14-10/h8-9,11-12H,3-7H2,1-2H3,(H,13,14,15). The molecule has 0 radical (unpaired) electrons. The third-order valence-corrected chi connectivity index (χ3v) is 2.03. The van der Waals surface area contributed by atoms with Crippen LogP contribution in [-0.2, 0) is 6.54 Å². The molecule has 5 heteroatoms. The lowest BCUT2D eigenvalue weighted by Gasteiger charge is -2.07. The van der Waals surface area contributed by atoms with Crippen molar-refractivity contribution in [3.63, 3.8) is 0 Å². The number of nitrogens with one attached hydrogen (secondary N) is 3. The summed E-state index contributed by atoms with van der Waals surface area (Å²) in [6.45, 7) is 8.41. The van der Waals surface area contributed by atoms with Crippen LogP contribution in [0.2, 0.25) is 0 Å². The van der Waals surface area contributed by atoms with E-state index >= 15 is 0 Å². The van der Waals surface area contributed by atoms with Gasteiger partial charge in [0.1, 0.15) is 0 Å². The molecule has 0 aliphatic carbocycles. The van der Waals surface area contributed by atoms with Gasteiger partial charge < -0.3 is 10.6 Å². The first-order chi connectivity index (χ1) is 7.29. The predicted molar refractivity (Wildman–Crippen MR) is 60.4 cm³/mol. The van der Waals surface area contributed by atoms with Crippen molar-refractivity contribution in [2.45, 2.75) is 26.8 Å². The maximum Gasteiger partial charge on any atom is 0.0962 e. The summed E-state index contributed by atoms with van der Waals surface area (Å²) in [5.74, 6) is 0.730. The van der Waals surface area contributed by atoms with Crippen molar-refractivity contribution >= 4 is 0 Å². The Morgan fingerprint density at radius 1 is 1.33 bits per heavy atom. The van der Waals surface area contributed by atoms with E-state index in [0.717, 1.165) is 44.2 Å². The van der Waals surface area contributed by atoms with E-state index in [1.165, 1.54) is 0 Å². The summed E-state index contributed by atoms with van der Waals surface area (Å²) in [6.07, 6.45) is 2.88. The molecular weight excluding hydrogens is 190 g/mol. The summed E-state index contributed by atoms with van der Waals surface area (Å²) in [4.78, 5) is 0. The van der Waals surface area contributed by atoms with Gasteiger partial charge in [0.25, 0.3) is 0 Å². The van der Waals surface area contributed by atoms with Crippen molar-refractivity contribution in [2.75, 3.05) is 19.6 Å². The Kier molecular flexibility index (Phi) is 5.96. The monoisotopic (exact) mass is 211 g/mol. The molecule has 0 atom stereocenters. The number of aromatic amines is 1. The highest BCUT2D eigenvalue weighted by molar-refractivity contribution is 4.88. The lowest BCUT2D eigenvalue weighted by Crippen LogP contribution is -2.24. The number of H-pyrrole nitrogens is 1. The van der Waals surface area contributed by atoms with Crippen molar-refractivity contribution in [1.82, 2.24) is 26.0 Å². The van der Waals surface area contributed by atoms with E-state index in [1.54, 1.807) is 6.20 Å². The Morgan fingerprint density at radius 3 is 2.80 bits per heavy atom. The van der Waals surface area contributed by atoms with Crippen LogP contribution in [0.15, 0.2) is 6.20 Å². The Bertz CT molecular complexity index is 232. The molecular formula is C10H21N5. The lowest BCUT2D eigenvalue weighted by molar-refractivity contribution is 0.529. The van der Waals surface area contributed by atoms with Crippen molar-refractivity contribution in [3.8, 4) is 0 Å². The molecule has 0 saturated carbocycles. The van der Waals surface area contributed by atoms with E-state index in [9.17, 15) is 0 Å². The van der Waals surface area contributed by atoms with Gasteiger partial charge in [-0.15, -0.1) is 0 Å². The molecule has 5 nitrogen and oxygen atoms in total. The molecule has 0 spiro atoms. The number of hydrogen-bond donors (Lipinski definition) is 3. The van der Waals surface area contributed by atoms with Gasteiger partial charge in [0.05, 0.1) is 11.9 Å². The molecule has 3 N–H and O–H groups in total. The molecule has 0 aliphatic rings. The zero-order valence-corrected chi connectivity index (χ0v) is 9.58. The first kappa shape index (κ1) is 12.1. The summed E-state index contributed by atoms with van der Waals surface area (Å²) >= 11 is 0. The smallest absolute Gasteiger partial charge is 0.0962 e. The second kappa shape index (κ2) is 7.36. The summed E-state index contributed by atoms with van der Waals surface area (Å²) in [6, 6.07) is 0. The van der Waals surface area contributed by atoms with Crippen LogP contribution in [-0.4, -0.2) is 35.0 Å². The topological polar surface area (TPSA) is 65.6 Å². The first-order valence-corrected chi connectivity index (χ1v) is 5.55. The molecule has 1 rings (SSSR count). The molecule has 1 aromatic heterocycles. The summed E-state index contributed by atoms with van der Waals surface area (Å²) in [5, 5.41) is 17.0. The summed E-state index contributed by atoms with van der Waals surface area (Å²) in [7, 11) is 0. The minimum Gasteiger partial charge on any atom is -0.316 e. The van der Waals surface area contributed by atoms with E-state index in [1.807, 2.05) is 0 Å². The van der Waals surface area contributed by atoms with E-state index < -0.39 is 0 Å². The Balaban J connectivity index is 1.85. The second-order valence-electron chi connectivity index (χ2n) is 4.09. The number of rotatable bonds is 8. The normalized spacial score (nSPS) is 11.1. The summed E-state index contributed by atoms with van der Waals surface area (Å²) < 4.78 is 0. The molecule has 0 amide bonds. The van der Waals surface area contributed by atoms with Gasteiger partial charge in [-0.05, 0) is 32.0 Å². The van der Waals surface area contributed by atoms with E-state index in [-0.39, 0.29) is 0 Å². The van der Waals surface area contributed by atoms with Crippen LogP contribution >= 0.6 is 0 Å². The third kappa shape index (κ3) is 6.19. The summed E-state index contributed by atoms with van der Waals surface area (Å²) in [5.41, 5.74) is 0.963. The highest BCUT2D eigenvalue weighted by Gasteiger charge is 1.95. The van der Waals surface area contributed by atoms with Gasteiger partial charge in [-0.2, -0.15) is 15.4 Å². The van der Waals surface area contributed by atoms with Crippen LogP contribution in [0.1, 0.15) is 26.0 Å². The zero-order chi connectivity index (χ0) is 10.9. The fourth-order valence-electron chi connectivity index (χ4n) is 1.26. The maximum absolute atomic E-state index is 3.96. The third-order valence-electron chi connectivity index (χ3n) is 2.03. The highest BCUT2D eigenvalue weighted by atomic mass is 15.3.